The molecule has 2 aromatic carbocycles. The minimum atomic E-state index is -0.425. The van der Waals surface area contributed by atoms with Gasteiger partial charge < -0.3 is 25.7 Å². The quantitative estimate of drug-likeness (QED) is 0.196. The third-order valence-electron chi connectivity index (χ3n) is 7.13. The third kappa shape index (κ3) is 6.21. The first-order chi connectivity index (χ1) is 18.5. The molecule has 0 fully saturated rings. The molecular formula is C31H39FN4O2. The average molecular weight is 519 g/mol. The molecule has 1 aromatic heterocycles. The highest BCUT2D eigenvalue weighted by atomic mass is 19.1. The number of methoxy groups -OCH3 is 1. The Morgan fingerprint density at radius 2 is 1.87 bits per heavy atom. The van der Waals surface area contributed by atoms with E-state index in [1.54, 1.807) is 12.1 Å². The van der Waals surface area contributed by atoms with E-state index in [2.05, 4.69) is 46.9 Å². The Bertz CT molecular complexity index is 1270. The number of aryl methyl sites for hydroxylation is 1. The van der Waals surface area contributed by atoms with E-state index in [0.29, 0.717) is 17.2 Å². The molecule has 1 aliphatic heterocycles. The number of nitrogens with one attached hydrogen (secondary N) is 4. The lowest BCUT2D eigenvalue weighted by Gasteiger charge is -2.22. The van der Waals surface area contributed by atoms with E-state index in [9.17, 15) is 9.18 Å². The van der Waals surface area contributed by atoms with Crippen LogP contribution in [0.2, 0.25) is 0 Å². The molecular weight excluding hydrogens is 479 g/mol. The Hall–Kier alpha value is -3.74. The minimum absolute atomic E-state index is 0.129. The maximum Gasteiger partial charge on any atom is 0.255 e. The molecule has 0 saturated carbocycles. The van der Waals surface area contributed by atoms with Crippen molar-refractivity contribution >= 4 is 29.2 Å². The second kappa shape index (κ2) is 12.7. The Morgan fingerprint density at radius 3 is 2.53 bits per heavy atom. The van der Waals surface area contributed by atoms with Crippen molar-refractivity contribution in [3.8, 4) is 5.75 Å². The van der Waals surface area contributed by atoms with Gasteiger partial charge in [0.15, 0.2) is 11.6 Å². The predicted molar refractivity (Wildman–Crippen MR) is 155 cm³/mol. The molecule has 2 heterocycles. The van der Waals surface area contributed by atoms with E-state index in [1.165, 1.54) is 44.4 Å². The van der Waals surface area contributed by atoms with Crippen molar-refractivity contribution in [3.05, 3.63) is 76.7 Å². The van der Waals surface area contributed by atoms with Gasteiger partial charge in [0.1, 0.15) is 12.0 Å². The molecule has 1 amide bonds. The number of rotatable bonds is 12. The Morgan fingerprint density at radius 1 is 1.08 bits per heavy atom. The van der Waals surface area contributed by atoms with Crippen LogP contribution in [0.5, 0.6) is 5.75 Å². The third-order valence-corrected chi connectivity index (χ3v) is 7.13. The van der Waals surface area contributed by atoms with E-state index < -0.39 is 5.82 Å². The minimum Gasteiger partial charge on any atom is -0.494 e. The maximum absolute atomic E-state index is 14.1. The van der Waals surface area contributed by atoms with Crippen LogP contribution in [0.3, 0.4) is 0 Å². The van der Waals surface area contributed by atoms with Gasteiger partial charge in [-0.05, 0) is 67.2 Å². The summed E-state index contributed by atoms with van der Waals surface area (Å²) in [4.78, 5) is 16.6. The van der Waals surface area contributed by atoms with Crippen LogP contribution >= 0.6 is 0 Å². The van der Waals surface area contributed by atoms with Crippen LogP contribution in [0.25, 0.3) is 6.08 Å². The first kappa shape index (κ1) is 27.3. The average Bonchev–Trinajstić information content (AvgIpc) is 3.27. The summed E-state index contributed by atoms with van der Waals surface area (Å²) in [6, 6.07) is 12.9. The fourth-order valence-electron chi connectivity index (χ4n) is 5.04. The smallest absolute Gasteiger partial charge is 0.255 e. The molecule has 3 aromatic rings. The zero-order valence-corrected chi connectivity index (χ0v) is 22.8. The molecule has 0 bridgehead atoms. The van der Waals surface area contributed by atoms with Crippen molar-refractivity contribution in [2.24, 2.45) is 0 Å². The summed E-state index contributed by atoms with van der Waals surface area (Å²) in [5, 5.41) is 9.79. The van der Waals surface area contributed by atoms with Gasteiger partial charge in [0, 0.05) is 28.6 Å². The predicted octanol–water partition coefficient (Wildman–Crippen LogP) is 7.93. The summed E-state index contributed by atoms with van der Waals surface area (Å²) in [5.41, 5.74) is 5.20. The van der Waals surface area contributed by atoms with E-state index in [1.807, 2.05) is 31.2 Å². The molecule has 1 aliphatic rings. The molecule has 0 spiro atoms. The zero-order chi connectivity index (χ0) is 27.1. The summed E-state index contributed by atoms with van der Waals surface area (Å²) >= 11 is 0. The number of benzene rings is 2. The normalized spacial score (nSPS) is 14.9. The molecule has 7 heteroatoms. The van der Waals surface area contributed by atoms with Crippen LogP contribution in [-0.4, -0.2) is 24.2 Å². The summed E-state index contributed by atoms with van der Waals surface area (Å²) in [7, 11) is 1.44. The number of aromatic nitrogens is 1. The maximum atomic E-state index is 14.1. The van der Waals surface area contributed by atoms with Gasteiger partial charge in [-0.1, -0.05) is 52.2 Å². The molecule has 2 unspecified atom stereocenters. The molecule has 0 aliphatic carbocycles. The number of amides is 1. The van der Waals surface area contributed by atoms with Crippen molar-refractivity contribution in [1.29, 1.82) is 0 Å². The number of unbranched alkanes of at least 4 members (excludes halogenated alkanes) is 1. The lowest BCUT2D eigenvalue weighted by Crippen LogP contribution is -2.28. The number of halogens is 1. The number of hydrogen-bond donors (Lipinski definition) is 4. The number of fused-ring (bicyclic) bond motifs is 1. The number of hydrogen-bond acceptors (Lipinski definition) is 4. The second-order valence-electron chi connectivity index (χ2n) is 9.80. The highest BCUT2D eigenvalue weighted by Crippen LogP contribution is 2.35. The molecule has 202 valence electrons. The summed E-state index contributed by atoms with van der Waals surface area (Å²) in [5.74, 6) is 1.00. The fourth-order valence-corrected chi connectivity index (χ4v) is 5.04. The molecule has 4 rings (SSSR count). The zero-order valence-electron chi connectivity index (χ0n) is 22.8. The topological polar surface area (TPSA) is 78.2 Å². The summed E-state index contributed by atoms with van der Waals surface area (Å²) in [6.07, 6.45) is 10.3. The van der Waals surface area contributed by atoms with Gasteiger partial charge in [0.05, 0.1) is 12.8 Å². The molecule has 6 nitrogen and oxygen atoms in total. The fraction of sp³-hybridized carbons (Fsp3) is 0.387. The van der Waals surface area contributed by atoms with E-state index in [-0.39, 0.29) is 17.8 Å². The highest BCUT2D eigenvalue weighted by Gasteiger charge is 2.22. The van der Waals surface area contributed by atoms with E-state index >= 15 is 0 Å². The van der Waals surface area contributed by atoms with Gasteiger partial charge in [-0.3, -0.25) is 4.79 Å². The first-order valence-electron chi connectivity index (χ1n) is 13.7. The van der Waals surface area contributed by atoms with Gasteiger partial charge in [-0.2, -0.15) is 0 Å². The first-order valence-corrected chi connectivity index (χ1v) is 13.7. The lowest BCUT2D eigenvalue weighted by molar-refractivity contribution is 0.102. The second-order valence-corrected chi connectivity index (χ2v) is 9.80. The molecule has 0 radical (unpaired) electrons. The largest absolute Gasteiger partial charge is 0.494 e. The van der Waals surface area contributed by atoms with E-state index in [0.717, 1.165) is 35.6 Å². The molecule has 38 heavy (non-hydrogen) atoms. The van der Waals surface area contributed by atoms with Gasteiger partial charge in [0.2, 0.25) is 0 Å². The molecule has 0 saturated heterocycles. The number of H-pyrrole nitrogens is 1. The number of anilines is 3. The van der Waals surface area contributed by atoms with Gasteiger partial charge in [-0.25, -0.2) is 4.39 Å². The van der Waals surface area contributed by atoms with Gasteiger partial charge in [0.25, 0.3) is 5.91 Å². The van der Waals surface area contributed by atoms with Crippen LogP contribution in [0.15, 0.2) is 48.5 Å². The lowest BCUT2D eigenvalue weighted by atomic mass is 9.89. The number of ether oxygens (including phenoxy) is 1. The van der Waals surface area contributed by atoms with Crippen LogP contribution < -0.4 is 20.7 Å². The molecule has 4 N–H and O–H groups in total. The van der Waals surface area contributed by atoms with Crippen molar-refractivity contribution in [2.45, 2.75) is 71.4 Å². The number of carbonyl (C=O) groups excluding carboxylic acids is 1. The Balaban J connectivity index is 1.46. The van der Waals surface area contributed by atoms with Crippen molar-refractivity contribution in [3.63, 3.8) is 0 Å². The van der Waals surface area contributed by atoms with Crippen LogP contribution in [-0.2, 0) is 6.42 Å². The summed E-state index contributed by atoms with van der Waals surface area (Å²) < 4.78 is 19.1. The van der Waals surface area contributed by atoms with E-state index in [4.69, 9.17) is 4.74 Å². The summed E-state index contributed by atoms with van der Waals surface area (Å²) in [6.45, 7) is 6.50. The highest BCUT2D eigenvalue weighted by molar-refractivity contribution is 6.06. The number of aromatic amines is 1. The Kier molecular flexibility index (Phi) is 9.10. The van der Waals surface area contributed by atoms with Crippen LogP contribution in [0.1, 0.15) is 86.0 Å². The van der Waals surface area contributed by atoms with Gasteiger partial charge in [-0.15, -0.1) is 0 Å². The SMILES string of the molecule is CCCCC(CCC)c1ccc(C(=O)Nc2c(CC)[nH]c3c2C=CC(Nc2ccc(OC)c(F)c2)N3)cc1. The van der Waals surface area contributed by atoms with Crippen molar-refractivity contribution in [1.82, 2.24) is 4.98 Å². The Labute approximate surface area is 225 Å². The van der Waals surface area contributed by atoms with Crippen molar-refractivity contribution < 1.29 is 13.9 Å². The molecule has 2 atom stereocenters. The number of carbonyl (C=O) groups is 1. The van der Waals surface area contributed by atoms with Crippen molar-refractivity contribution in [2.75, 3.05) is 23.1 Å². The monoisotopic (exact) mass is 518 g/mol. The van der Waals surface area contributed by atoms with Crippen LogP contribution in [0.4, 0.5) is 21.6 Å². The van der Waals surface area contributed by atoms with Gasteiger partial charge >= 0.3 is 0 Å². The van der Waals surface area contributed by atoms with Crippen LogP contribution in [0, 0.1) is 5.82 Å². The standard InChI is InChI=1S/C31H39FN4O2/c1-5-8-10-20(9-6-2)21-11-13-22(14-12-21)31(37)36-29-24-16-18-28(35-30(24)34-26(29)7-3)33-23-15-17-27(38-4)25(32)19-23/h11-20,28,33-35H,5-10H2,1-4H3,(H,36,37).